The molecule has 1 fully saturated rings. The number of likely N-dealkylation sites (tertiary alicyclic amines) is 1. The van der Waals surface area contributed by atoms with Crippen LogP contribution in [0, 0.1) is 5.82 Å². The van der Waals surface area contributed by atoms with Crippen LogP contribution < -0.4 is 5.32 Å². The summed E-state index contributed by atoms with van der Waals surface area (Å²) in [6, 6.07) is 9.26. The van der Waals surface area contributed by atoms with Crippen LogP contribution in [0.1, 0.15) is 53.7 Å². The van der Waals surface area contributed by atoms with Gasteiger partial charge in [-0.25, -0.2) is 17.6 Å². The summed E-state index contributed by atoms with van der Waals surface area (Å²) in [5.41, 5.74) is 0.100. The van der Waals surface area contributed by atoms with E-state index in [4.69, 9.17) is 16.3 Å². The minimum atomic E-state index is -3.38. The Labute approximate surface area is 224 Å². The second-order valence-electron chi connectivity index (χ2n) is 9.60. The molecule has 2 atom stereocenters. The summed E-state index contributed by atoms with van der Waals surface area (Å²) in [6.45, 7) is 2.29. The lowest BCUT2D eigenvalue weighted by Gasteiger charge is -2.45. The number of anilines is 1. The molecule has 38 heavy (non-hydrogen) atoms. The molecular weight excluding hydrogens is 535 g/mol. The Morgan fingerprint density at radius 3 is 2.84 bits per heavy atom. The Balaban J connectivity index is 1.43. The van der Waals surface area contributed by atoms with E-state index in [-0.39, 0.29) is 39.7 Å². The lowest BCUT2D eigenvalue weighted by atomic mass is 9.83. The number of amides is 2. The van der Waals surface area contributed by atoms with Gasteiger partial charge < -0.3 is 9.64 Å². The second-order valence-corrected chi connectivity index (χ2v) is 12.0. The molecule has 12 heteroatoms. The standard InChI is InChI=1S/C26H26ClFN4O5S/c1-3-21(16-6-4-7-18(12-16)38(2,35)36)32-14-17(13-29-32)24(33)31-11-5-10-26(15-31)22-20(30-25(34)37-26)9-8-19(27)23(22)28/h4,6-9,12-14,21H,3,5,10-11,15H2,1-2H3,(H,30,34)/t21?,26-/m0/s1. The highest BCUT2D eigenvalue weighted by Crippen LogP contribution is 2.45. The Morgan fingerprint density at radius 1 is 1.32 bits per heavy atom. The number of ether oxygens (including phenoxy) is 1. The van der Waals surface area contributed by atoms with E-state index in [0.29, 0.717) is 31.4 Å². The molecule has 200 valence electrons. The number of fused-ring (bicyclic) bond motifs is 2. The van der Waals surface area contributed by atoms with Crippen LogP contribution in [0.3, 0.4) is 0 Å². The van der Waals surface area contributed by atoms with Crippen LogP contribution in [0.2, 0.25) is 5.02 Å². The third-order valence-corrected chi connectivity index (χ3v) is 8.45. The summed E-state index contributed by atoms with van der Waals surface area (Å²) in [6.07, 6.45) is 4.92. The SMILES string of the molecule is CCC(c1cccc(S(C)(=O)=O)c1)n1cc(C(=O)N2CCC[C@@]3(C2)OC(=O)Nc2ccc(Cl)c(F)c23)cn1. The number of benzene rings is 2. The maximum absolute atomic E-state index is 15.2. The van der Waals surface area contributed by atoms with Crippen LogP contribution >= 0.6 is 11.6 Å². The summed E-state index contributed by atoms with van der Waals surface area (Å²) in [5, 5.41) is 6.81. The predicted octanol–water partition coefficient (Wildman–Crippen LogP) is 4.77. The van der Waals surface area contributed by atoms with E-state index in [9.17, 15) is 18.0 Å². The van der Waals surface area contributed by atoms with Gasteiger partial charge >= 0.3 is 6.09 Å². The number of nitrogens with one attached hydrogen (secondary N) is 1. The van der Waals surface area contributed by atoms with Crippen molar-refractivity contribution in [1.29, 1.82) is 0 Å². The minimum Gasteiger partial charge on any atom is -0.436 e. The third-order valence-electron chi connectivity index (χ3n) is 7.04. The van der Waals surface area contributed by atoms with Gasteiger partial charge in [0.1, 0.15) is 0 Å². The first-order valence-electron chi connectivity index (χ1n) is 12.1. The molecule has 1 unspecified atom stereocenters. The number of nitrogens with zero attached hydrogens (tertiary/aromatic N) is 3. The van der Waals surface area contributed by atoms with Crippen LogP contribution in [0.4, 0.5) is 14.9 Å². The van der Waals surface area contributed by atoms with Crippen molar-refractivity contribution in [3.8, 4) is 0 Å². The Kier molecular flexibility index (Phi) is 6.68. The molecule has 0 bridgehead atoms. The highest BCUT2D eigenvalue weighted by molar-refractivity contribution is 7.90. The number of halogens is 2. The number of carbonyl (C=O) groups is 2. The van der Waals surface area contributed by atoms with E-state index in [2.05, 4.69) is 10.4 Å². The zero-order valence-corrected chi connectivity index (χ0v) is 22.4. The van der Waals surface area contributed by atoms with Gasteiger partial charge in [0, 0.05) is 19.0 Å². The van der Waals surface area contributed by atoms with Crippen molar-refractivity contribution >= 4 is 39.1 Å². The Hall–Kier alpha value is -3.44. The van der Waals surface area contributed by atoms with Gasteiger partial charge in [0.15, 0.2) is 21.3 Å². The number of hydrogen-bond acceptors (Lipinski definition) is 6. The van der Waals surface area contributed by atoms with Crippen molar-refractivity contribution in [1.82, 2.24) is 14.7 Å². The van der Waals surface area contributed by atoms with Gasteiger partial charge in [-0.1, -0.05) is 30.7 Å². The van der Waals surface area contributed by atoms with Gasteiger partial charge in [0.25, 0.3) is 5.91 Å². The highest BCUT2D eigenvalue weighted by Gasteiger charge is 2.48. The largest absolute Gasteiger partial charge is 0.436 e. The molecule has 9 nitrogen and oxygen atoms in total. The predicted molar refractivity (Wildman–Crippen MR) is 139 cm³/mol. The smallest absolute Gasteiger partial charge is 0.412 e. The van der Waals surface area contributed by atoms with Gasteiger partial charge in [-0.3, -0.25) is 14.8 Å². The van der Waals surface area contributed by atoms with Gasteiger partial charge in [-0.2, -0.15) is 5.10 Å². The molecule has 1 N–H and O–H groups in total. The van der Waals surface area contributed by atoms with Gasteiger partial charge in [0.05, 0.1) is 45.5 Å². The van der Waals surface area contributed by atoms with Gasteiger partial charge in [-0.15, -0.1) is 0 Å². The molecule has 0 saturated carbocycles. The first-order chi connectivity index (χ1) is 18.0. The third kappa shape index (κ3) is 4.64. The fourth-order valence-electron chi connectivity index (χ4n) is 5.28. The number of hydrogen-bond donors (Lipinski definition) is 1. The summed E-state index contributed by atoms with van der Waals surface area (Å²) >= 11 is 6.04. The van der Waals surface area contributed by atoms with Crippen molar-refractivity contribution in [3.05, 3.63) is 76.3 Å². The Morgan fingerprint density at radius 2 is 2.11 bits per heavy atom. The average Bonchev–Trinajstić information content (AvgIpc) is 3.35. The van der Waals surface area contributed by atoms with Crippen LogP contribution in [-0.2, 0) is 20.2 Å². The highest BCUT2D eigenvalue weighted by atomic mass is 35.5. The summed E-state index contributed by atoms with van der Waals surface area (Å²) in [4.78, 5) is 27.6. The van der Waals surface area contributed by atoms with Crippen molar-refractivity contribution in [2.45, 2.75) is 42.7 Å². The molecule has 3 heterocycles. The van der Waals surface area contributed by atoms with Crippen molar-refractivity contribution in [2.24, 2.45) is 0 Å². The summed E-state index contributed by atoms with van der Waals surface area (Å²) in [7, 11) is -3.38. The fraction of sp³-hybridized carbons (Fsp3) is 0.346. The zero-order chi connectivity index (χ0) is 27.2. The van der Waals surface area contributed by atoms with Crippen molar-refractivity contribution in [3.63, 3.8) is 0 Å². The Bertz CT molecular complexity index is 1540. The molecule has 0 radical (unpaired) electrons. The molecule has 2 aromatic carbocycles. The molecule has 1 spiro atoms. The monoisotopic (exact) mass is 560 g/mol. The molecule has 0 aliphatic carbocycles. The number of sulfone groups is 1. The number of piperidine rings is 1. The van der Waals surface area contributed by atoms with Crippen LogP contribution in [0.5, 0.6) is 0 Å². The molecule has 3 aromatic rings. The van der Waals surface area contributed by atoms with Gasteiger partial charge in [-0.05, 0) is 49.1 Å². The van der Waals surface area contributed by atoms with E-state index >= 15 is 4.39 Å². The second kappa shape index (κ2) is 9.70. The fourth-order valence-corrected chi connectivity index (χ4v) is 6.11. The first-order valence-corrected chi connectivity index (χ1v) is 14.4. The maximum atomic E-state index is 15.2. The quantitative estimate of drug-likeness (QED) is 0.481. The molecule has 1 aromatic heterocycles. The lowest BCUT2D eigenvalue weighted by Crippen LogP contribution is -2.53. The van der Waals surface area contributed by atoms with E-state index in [1.807, 2.05) is 13.0 Å². The molecule has 5 rings (SSSR count). The molecule has 1 saturated heterocycles. The van der Waals surface area contributed by atoms with Gasteiger partial charge in [0.2, 0.25) is 0 Å². The number of rotatable bonds is 5. The van der Waals surface area contributed by atoms with Crippen molar-refractivity contribution in [2.75, 3.05) is 24.7 Å². The molecule has 2 aliphatic rings. The summed E-state index contributed by atoms with van der Waals surface area (Å²) in [5.74, 6) is -1.03. The van der Waals surface area contributed by atoms with E-state index in [0.717, 1.165) is 11.8 Å². The topological polar surface area (TPSA) is 111 Å². The lowest BCUT2D eigenvalue weighted by molar-refractivity contribution is -0.0418. The molecule has 2 amide bonds. The number of carbonyl (C=O) groups excluding carboxylic acids is 2. The maximum Gasteiger partial charge on any atom is 0.412 e. The molecule has 2 aliphatic heterocycles. The first kappa shape index (κ1) is 26.2. The number of aromatic nitrogens is 2. The normalized spacial score (nSPS) is 20.0. The van der Waals surface area contributed by atoms with Crippen LogP contribution in [0.25, 0.3) is 0 Å². The van der Waals surface area contributed by atoms with E-state index < -0.39 is 27.3 Å². The summed E-state index contributed by atoms with van der Waals surface area (Å²) < 4.78 is 46.5. The van der Waals surface area contributed by atoms with E-state index in [1.165, 1.54) is 29.3 Å². The molecular formula is C26H26ClFN4O5S. The average molecular weight is 561 g/mol. The van der Waals surface area contributed by atoms with Crippen molar-refractivity contribution < 1.29 is 27.1 Å². The van der Waals surface area contributed by atoms with E-state index in [1.54, 1.807) is 23.0 Å². The zero-order valence-electron chi connectivity index (χ0n) is 20.8. The minimum absolute atomic E-state index is 0.0394. The van der Waals surface area contributed by atoms with Crippen LogP contribution in [0.15, 0.2) is 53.7 Å². The van der Waals surface area contributed by atoms with Crippen LogP contribution in [-0.4, -0.2) is 54.4 Å².